The number of H-pyrrole nitrogens is 1. The quantitative estimate of drug-likeness (QED) is 0.517. The number of hydrogen-bond donors (Lipinski definition) is 2. The van der Waals surface area contributed by atoms with Crippen molar-refractivity contribution in [1.82, 2.24) is 34.8 Å². The molecule has 1 aromatic carbocycles. The van der Waals surface area contributed by atoms with Gasteiger partial charge >= 0.3 is 0 Å². The number of aromatic amines is 1. The Balaban J connectivity index is 1.79. The van der Waals surface area contributed by atoms with Gasteiger partial charge in [-0.2, -0.15) is 10.2 Å². The van der Waals surface area contributed by atoms with Crippen molar-refractivity contribution >= 4 is 11.2 Å². The fourth-order valence-electron chi connectivity index (χ4n) is 4.51. The molecule has 4 heterocycles. The third-order valence-electron chi connectivity index (χ3n) is 5.96. The lowest BCUT2D eigenvalue weighted by molar-refractivity contribution is 0.257. The number of hydrogen-bond acceptors (Lipinski definition) is 6. The topological polar surface area (TPSA) is 95.8 Å². The number of nitrogens with zero attached hydrogens (tertiary/aromatic N) is 6. The number of halogens is 1. The summed E-state index contributed by atoms with van der Waals surface area (Å²) >= 11 is 0. The molecule has 31 heavy (non-hydrogen) atoms. The van der Waals surface area contributed by atoms with Gasteiger partial charge in [-0.1, -0.05) is 13.0 Å². The fraction of sp³-hybridized carbons (Fsp3) is 0.364. The molecule has 1 aliphatic rings. The Kier molecular flexibility index (Phi) is 4.79. The minimum atomic E-state index is -0.269. The average Bonchev–Trinajstić information content (AvgIpc) is 3.29. The van der Waals surface area contributed by atoms with Crippen molar-refractivity contribution in [3.63, 3.8) is 0 Å². The first-order chi connectivity index (χ1) is 15.0. The lowest BCUT2D eigenvalue weighted by Gasteiger charge is -2.23. The maximum atomic E-state index is 14.2. The van der Waals surface area contributed by atoms with Crippen LogP contribution in [-0.2, 0) is 19.6 Å². The van der Waals surface area contributed by atoms with Gasteiger partial charge < -0.3 is 5.11 Å². The van der Waals surface area contributed by atoms with E-state index in [1.807, 2.05) is 31.6 Å². The summed E-state index contributed by atoms with van der Waals surface area (Å²) < 4.78 is 16.0. The largest absolute Gasteiger partial charge is 0.394 e. The van der Waals surface area contributed by atoms with Crippen molar-refractivity contribution in [2.45, 2.75) is 39.4 Å². The van der Waals surface area contributed by atoms with Crippen molar-refractivity contribution in [2.75, 3.05) is 13.7 Å². The van der Waals surface area contributed by atoms with Crippen molar-refractivity contribution < 1.29 is 9.50 Å². The maximum absolute atomic E-state index is 14.2. The molecule has 1 unspecified atom stereocenters. The van der Waals surface area contributed by atoms with E-state index < -0.39 is 0 Å². The van der Waals surface area contributed by atoms with Gasteiger partial charge in [0.2, 0.25) is 0 Å². The van der Waals surface area contributed by atoms with E-state index in [1.54, 1.807) is 12.3 Å². The molecule has 9 heteroatoms. The smallest absolute Gasteiger partial charge is 0.199 e. The second kappa shape index (κ2) is 7.51. The first kappa shape index (κ1) is 19.8. The molecule has 0 amide bonds. The summed E-state index contributed by atoms with van der Waals surface area (Å²) in [4.78, 5) is 11.6. The molecule has 1 aliphatic heterocycles. The molecule has 8 nitrogen and oxygen atoms in total. The van der Waals surface area contributed by atoms with Gasteiger partial charge in [0.1, 0.15) is 11.3 Å². The van der Waals surface area contributed by atoms with Gasteiger partial charge in [-0.15, -0.1) is 0 Å². The SMILES string of the molecule is Cc1nn(CCO)c2c1-c1cnc3n[nH]c(c3n1)C(C)c1cc(F)ccc1CN(C)C2. The molecule has 5 rings (SSSR count). The Morgan fingerprint density at radius 2 is 2.13 bits per heavy atom. The Morgan fingerprint density at radius 3 is 2.94 bits per heavy atom. The summed E-state index contributed by atoms with van der Waals surface area (Å²) in [6.45, 7) is 5.60. The second-order valence-corrected chi connectivity index (χ2v) is 8.16. The van der Waals surface area contributed by atoms with Crippen molar-refractivity contribution in [3.8, 4) is 11.3 Å². The van der Waals surface area contributed by atoms with Gasteiger partial charge in [-0.3, -0.25) is 14.7 Å². The Labute approximate surface area is 178 Å². The average molecular weight is 421 g/mol. The molecule has 1 atom stereocenters. The minimum Gasteiger partial charge on any atom is -0.394 e. The summed E-state index contributed by atoms with van der Waals surface area (Å²) in [5.74, 6) is -0.402. The zero-order chi connectivity index (χ0) is 21.7. The Bertz CT molecular complexity index is 1280. The van der Waals surface area contributed by atoms with E-state index in [1.165, 1.54) is 6.07 Å². The molecule has 3 aromatic heterocycles. The zero-order valence-electron chi connectivity index (χ0n) is 17.7. The van der Waals surface area contributed by atoms with Crippen LogP contribution in [0.4, 0.5) is 4.39 Å². The Hall–Kier alpha value is -3.17. The van der Waals surface area contributed by atoms with Gasteiger partial charge in [0.05, 0.1) is 42.1 Å². The van der Waals surface area contributed by atoms with Crippen molar-refractivity contribution in [3.05, 3.63) is 58.4 Å². The van der Waals surface area contributed by atoms with Gasteiger partial charge in [-0.25, -0.2) is 14.4 Å². The second-order valence-electron chi connectivity index (χ2n) is 8.16. The van der Waals surface area contributed by atoms with Crippen LogP contribution in [0.1, 0.15) is 41.1 Å². The normalized spacial score (nSPS) is 16.7. The van der Waals surface area contributed by atoms with Gasteiger partial charge in [0.25, 0.3) is 0 Å². The van der Waals surface area contributed by atoms with Crippen LogP contribution in [0, 0.1) is 12.7 Å². The predicted molar refractivity (Wildman–Crippen MR) is 114 cm³/mol. The first-order valence-corrected chi connectivity index (χ1v) is 10.3. The van der Waals surface area contributed by atoms with E-state index in [-0.39, 0.29) is 18.3 Å². The third kappa shape index (κ3) is 3.30. The van der Waals surface area contributed by atoms with Crippen LogP contribution < -0.4 is 0 Å². The number of aryl methyl sites for hydroxylation is 1. The molecule has 0 radical (unpaired) electrons. The molecule has 0 saturated heterocycles. The number of aromatic nitrogens is 6. The summed E-state index contributed by atoms with van der Waals surface area (Å²) in [5, 5.41) is 21.6. The number of nitrogens with one attached hydrogen (secondary N) is 1. The predicted octanol–water partition coefficient (Wildman–Crippen LogP) is 2.75. The minimum absolute atomic E-state index is 0.00646. The van der Waals surface area contributed by atoms with Crippen LogP contribution in [0.15, 0.2) is 24.4 Å². The van der Waals surface area contributed by atoms with E-state index >= 15 is 0 Å². The summed E-state index contributed by atoms with van der Waals surface area (Å²) in [5.41, 5.74) is 7.38. The molecule has 0 saturated carbocycles. The monoisotopic (exact) mass is 421 g/mol. The van der Waals surface area contributed by atoms with E-state index in [2.05, 4.69) is 25.2 Å². The Morgan fingerprint density at radius 1 is 1.29 bits per heavy atom. The molecule has 2 N–H and O–H groups in total. The lowest BCUT2D eigenvalue weighted by Crippen LogP contribution is -2.22. The third-order valence-corrected chi connectivity index (χ3v) is 5.96. The number of fused-ring (bicyclic) bond motifs is 4. The van der Waals surface area contributed by atoms with Crippen LogP contribution in [-0.4, -0.2) is 53.6 Å². The molecule has 160 valence electrons. The van der Waals surface area contributed by atoms with E-state index in [9.17, 15) is 9.50 Å². The van der Waals surface area contributed by atoms with Crippen molar-refractivity contribution in [2.24, 2.45) is 0 Å². The van der Waals surface area contributed by atoms with Crippen LogP contribution in [0.2, 0.25) is 0 Å². The maximum Gasteiger partial charge on any atom is 0.199 e. The molecule has 0 spiro atoms. The highest BCUT2D eigenvalue weighted by Gasteiger charge is 2.25. The number of rotatable bonds is 2. The lowest BCUT2D eigenvalue weighted by atomic mass is 9.92. The number of benzene rings is 1. The van der Waals surface area contributed by atoms with Gasteiger partial charge in [0, 0.05) is 24.6 Å². The molecule has 0 aliphatic carbocycles. The molecule has 4 aromatic rings. The number of aliphatic hydroxyl groups excluding tert-OH is 1. The van der Waals surface area contributed by atoms with Gasteiger partial charge in [0.15, 0.2) is 5.65 Å². The highest BCUT2D eigenvalue weighted by molar-refractivity contribution is 5.78. The van der Waals surface area contributed by atoms with E-state index in [0.29, 0.717) is 36.5 Å². The van der Waals surface area contributed by atoms with Gasteiger partial charge in [-0.05, 0) is 37.2 Å². The van der Waals surface area contributed by atoms with Crippen molar-refractivity contribution in [1.29, 1.82) is 0 Å². The van der Waals surface area contributed by atoms with Crippen LogP contribution >= 0.6 is 0 Å². The molecule has 2 bridgehead atoms. The van der Waals surface area contributed by atoms with Crippen LogP contribution in [0.3, 0.4) is 0 Å². The summed E-state index contributed by atoms with van der Waals surface area (Å²) in [6.07, 6.45) is 1.72. The summed E-state index contributed by atoms with van der Waals surface area (Å²) in [7, 11) is 2.02. The molecular weight excluding hydrogens is 397 g/mol. The highest BCUT2D eigenvalue weighted by atomic mass is 19.1. The summed E-state index contributed by atoms with van der Waals surface area (Å²) in [6, 6.07) is 4.94. The number of aliphatic hydroxyl groups is 1. The molecule has 0 fully saturated rings. The van der Waals surface area contributed by atoms with Crippen LogP contribution in [0.5, 0.6) is 0 Å². The standard InChI is InChI=1S/C22H24FN7O/c1-12-16-8-15(23)5-4-14(16)10-29(3)11-18-19(13(2)28-30(18)6-7-31)17-9-24-22-21(25-17)20(12)26-27-22/h4-5,8-9,12,31H,6-7,10-11H2,1-3H3,(H,24,26,27). The first-order valence-electron chi connectivity index (χ1n) is 10.3. The fourth-order valence-corrected chi connectivity index (χ4v) is 4.51. The highest BCUT2D eigenvalue weighted by Crippen LogP contribution is 2.34. The molecular formula is C22H24FN7O. The van der Waals surface area contributed by atoms with Crippen LogP contribution in [0.25, 0.3) is 22.4 Å². The van der Waals surface area contributed by atoms with E-state index in [0.717, 1.165) is 33.8 Å². The van der Waals surface area contributed by atoms with E-state index in [4.69, 9.17) is 4.98 Å². The zero-order valence-corrected chi connectivity index (χ0v) is 17.7.